The molecule has 4 aromatic rings. The Morgan fingerprint density at radius 2 is 1.78 bits per heavy atom. The number of anilines is 1. The summed E-state index contributed by atoms with van der Waals surface area (Å²) in [4.78, 5) is 28.3. The van der Waals surface area contributed by atoms with Gasteiger partial charge >= 0.3 is 5.91 Å². The fourth-order valence-corrected chi connectivity index (χ4v) is 6.26. The highest BCUT2D eigenvalue weighted by molar-refractivity contribution is 8.00. The topological polar surface area (TPSA) is 102 Å². The predicted octanol–water partition coefficient (Wildman–Crippen LogP) is 6.64. The molecule has 1 N–H and O–H groups in total. The van der Waals surface area contributed by atoms with Gasteiger partial charge in [0.1, 0.15) is 17.3 Å². The Kier molecular flexibility index (Phi) is 9.01. The molecule has 1 unspecified atom stereocenters. The van der Waals surface area contributed by atoms with Crippen LogP contribution in [0.1, 0.15) is 42.5 Å². The highest BCUT2D eigenvalue weighted by Gasteiger charge is 2.48. The number of amides is 1. The van der Waals surface area contributed by atoms with E-state index in [1.807, 2.05) is 30.3 Å². The Hall–Kier alpha value is -4.15. The van der Waals surface area contributed by atoms with Gasteiger partial charge < -0.3 is 14.6 Å². The molecule has 3 aromatic carbocycles. The summed E-state index contributed by atoms with van der Waals surface area (Å²) in [7, 11) is 1.54. The Labute approximate surface area is 246 Å². The van der Waals surface area contributed by atoms with Crippen LogP contribution in [0.4, 0.5) is 5.13 Å². The fraction of sp³-hybridized carbons (Fsp3) is 0.226. The lowest BCUT2D eigenvalue weighted by atomic mass is 9.95. The van der Waals surface area contributed by atoms with E-state index in [-0.39, 0.29) is 16.5 Å². The number of aliphatic hydroxyl groups is 1. The third-order valence-electron chi connectivity index (χ3n) is 6.56. The van der Waals surface area contributed by atoms with Crippen molar-refractivity contribution >= 4 is 45.7 Å². The normalized spacial score (nSPS) is 16.2. The molecule has 41 heavy (non-hydrogen) atoms. The molecule has 0 saturated carbocycles. The molecule has 1 aliphatic rings. The second kappa shape index (κ2) is 13.0. The Morgan fingerprint density at radius 3 is 2.51 bits per heavy atom. The molecule has 1 saturated heterocycles. The van der Waals surface area contributed by atoms with Gasteiger partial charge in [0, 0.05) is 11.3 Å². The van der Waals surface area contributed by atoms with Crippen LogP contribution in [-0.2, 0) is 15.3 Å². The Balaban J connectivity index is 1.51. The van der Waals surface area contributed by atoms with Crippen LogP contribution < -0.4 is 14.4 Å². The van der Waals surface area contributed by atoms with Gasteiger partial charge in [-0.15, -0.1) is 10.2 Å². The standard InChI is InChI=1S/C31H29N3O5S2/c1-3-4-17-39-23-15-13-21(14-16-23)27(35)25-26(22-11-8-12-24(18-22)38-2)34(29(37)28(25)36)30-32-33-31(41-30)40-19-20-9-6-5-7-10-20/h5-16,18,26,35H,3-4,17,19H2,1-2H3/b27-25+. The lowest BCUT2D eigenvalue weighted by Crippen LogP contribution is -2.29. The first-order valence-electron chi connectivity index (χ1n) is 13.2. The highest BCUT2D eigenvalue weighted by Crippen LogP contribution is 2.44. The number of carbonyl (C=O) groups is 2. The summed E-state index contributed by atoms with van der Waals surface area (Å²) < 4.78 is 11.8. The summed E-state index contributed by atoms with van der Waals surface area (Å²) in [6.07, 6.45) is 1.95. The molecule has 1 amide bonds. The molecule has 0 radical (unpaired) electrons. The molecule has 8 nitrogen and oxygen atoms in total. The van der Waals surface area contributed by atoms with Gasteiger partial charge in [-0.25, -0.2) is 0 Å². The van der Waals surface area contributed by atoms with Crippen molar-refractivity contribution in [1.29, 1.82) is 0 Å². The number of thioether (sulfide) groups is 1. The van der Waals surface area contributed by atoms with Crippen molar-refractivity contribution in [1.82, 2.24) is 10.2 Å². The van der Waals surface area contributed by atoms with Crippen LogP contribution in [0, 0.1) is 0 Å². The molecule has 5 rings (SSSR count). The first-order valence-corrected chi connectivity index (χ1v) is 15.0. The Morgan fingerprint density at radius 1 is 1.00 bits per heavy atom. The number of aliphatic hydroxyl groups excluding tert-OH is 1. The van der Waals surface area contributed by atoms with Crippen molar-refractivity contribution in [3.05, 3.63) is 101 Å². The largest absolute Gasteiger partial charge is 0.507 e. The lowest BCUT2D eigenvalue weighted by Gasteiger charge is -2.23. The zero-order valence-corrected chi connectivity index (χ0v) is 24.3. The lowest BCUT2D eigenvalue weighted by molar-refractivity contribution is -0.132. The van der Waals surface area contributed by atoms with E-state index in [1.54, 1.807) is 55.6 Å². The van der Waals surface area contributed by atoms with E-state index in [9.17, 15) is 14.7 Å². The molecular formula is C31H29N3O5S2. The minimum atomic E-state index is -0.925. The first-order chi connectivity index (χ1) is 20.0. The van der Waals surface area contributed by atoms with Gasteiger partial charge in [-0.05, 0) is 53.9 Å². The molecule has 1 fully saturated rings. The maximum Gasteiger partial charge on any atom is 0.301 e. The maximum atomic E-state index is 13.5. The Bertz CT molecular complexity index is 1550. The van der Waals surface area contributed by atoms with Crippen molar-refractivity contribution in [2.75, 3.05) is 18.6 Å². The van der Waals surface area contributed by atoms with Gasteiger partial charge in [-0.3, -0.25) is 14.5 Å². The number of nitrogens with zero attached hydrogens (tertiary/aromatic N) is 3. The third-order valence-corrected chi connectivity index (χ3v) is 8.68. The molecule has 0 bridgehead atoms. The number of methoxy groups -OCH3 is 1. The van der Waals surface area contributed by atoms with Crippen LogP contribution in [0.5, 0.6) is 11.5 Å². The van der Waals surface area contributed by atoms with Crippen LogP contribution in [0.25, 0.3) is 5.76 Å². The van der Waals surface area contributed by atoms with E-state index in [4.69, 9.17) is 9.47 Å². The van der Waals surface area contributed by atoms with Crippen LogP contribution in [0.2, 0.25) is 0 Å². The van der Waals surface area contributed by atoms with Crippen LogP contribution in [0.3, 0.4) is 0 Å². The molecule has 210 valence electrons. The van der Waals surface area contributed by atoms with Gasteiger partial charge in [-0.1, -0.05) is 78.9 Å². The summed E-state index contributed by atoms with van der Waals surface area (Å²) in [6, 6.07) is 23.0. The number of carbonyl (C=O) groups excluding carboxylic acids is 2. The number of ketones is 1. The first kappa shape index (κ1) is 28.4. The second-order valence-electron chi connectivity index (χ2n) is 9.30. The van der Waals surface area contributed by atoms with E-state index in [2.05, 4.69) is 17.1 Å². The summed E-state index contributed by atoms with van der Waals surface area (Å²) in [5.41, 5.74) is 2.10. The second-order valence-corrected chi connectivity index (χ2v) is 11.5. The van der Waals surface area contributed by atoms with Gasteiger partial charge in [0.15, 0.2) is 4.34 Å². The number of unbranched alkanes of at least 4 members (excludes halogenated alkanes) is 1. The minimum Gasteiger partial charge on any atom is -0.507 e. The SMILES string of the molecule is CCCCOc1ccc(/C(O)=C2\C(=O)C(=O)N(c3nnc(SCc4ccccc4)s3)C2c2cccc(OC)c2)cc1. The zero-order chi connectivity index (χ0) is 28.8. The quantitative estimate of drug-likeness (QED) is 0.0520. The minimum absolute atomic E-state index is 0.0309. The van der Waals surface area contributed by atoms with E-state index in [0.717, 1.165) is 18.4 Å². The van der Waals surface area contributed by atoms with Gasteiger partial charge in [0.05, 0.1) is 25.3 Å². The average Bonchev–Trinajstić information content (AvgIpc) is 3.58. The van der Waals surface area contributed by atoms with Gasteiger partial charge in [0.25, 0.3) is 5.78 Å². The molecule has 0 aliphatic carbocycles. The van der Waals surface area contributed by atoms with Crippen molar-refractivity contribution in [2.45, 2.75) is 35.9 Å². The molecule has 10 heteroatoms. The monoisotopic (exact) mass is 587 g/mol. The molecule has 0 spiro atoms. The van der Waals surface area contributed by atoms with Crippen LogP contribution in [0.15, 0.2) is 88.8 Å². The van der Waals surface area contributed by atoms with E-state index in [0.29, 0.717) is 39.3 Å². The van der Waals surface area contributed by atoms with Gasteiger partial charge in [-0.2, -0.15) is 0 Å². The van der Waals surface area contributed by atoms with E-state index < -0.39 is 17.7 Å². The molecule has 1 aromatic heterocycles. The van der Waals surface area contributed by atoms with Crippen LogP contribution in [-0.4, -0.2) is 40.7 Å². The number of hydrogen-bond acceptors (Lipinski definition) is 9. The van der Waals surface area contributed by atoms with Crippen molar-refractivity contribution < 1.29 is 24.2 Å². The summed E-state index contributed by atoms with van der Waals surface area (Å²) in [5.74, 6) is 0.0438. The molecule has 1 aliphatic heterocycles. The number of ether oxygens (including phenoxy) is 2. The molecule has 1 atom stereocenters. The fourth-order valence-electron chi connectivity index (χ4n) is 4.43. The number of Topliss-reactive ketones (excluding diaryl/α,β-unsaturated/α-hetero) is 1. The van der Waals surface area contributed by atoms with Gasteiger partial charge in [0.2, 0.25) is 5.13 Å². The number of rotatable bonds is 11. The van der Waals surface area contributed by atoms with Crippen molar-refractivity contribution in [3.8, 4) is 11.5 Å². The maximum absolute atomic E-state index is 13.5. The number of benzene rings is 3. The smallest absolute Gasteiger partial charge is 0.301 e. The number of aromatic nitrogens is 2. The predicted molar refractivity (Wildman–Crippen MR) is 161 cm³/mol. The molecule has 2 heterocycles. The summed E-state index contributed by atoms with van der Waals surface area (Å²) >= 11 is 2.73. The molecular weight excluding hydrogens is 558 g/mol. The van der Waals surface area contributed by atoms with E-state index >= 15 is 0 Å². The summed E-state index contributed by atoms with van der Waals surface area (Å²) in [6.45, 7) is 2.68. The average molecular weight is 588 g/mol. The zero-order valence-electron chi connectivity index (χ0n) is 22.6. The third kappa shape index (κ3) is 6.28. The van der Waals surface area contributed by atoms with E-state index in [1.165, 1.54) is 28.0 Å². The van der Waals surface area contributed by atoms with Crippen LogP contribution >= 0.6 is 23.1 Å². The van der Waals surface area contributed by atoms with Crippen molar-refractivity contribution in [3.63, 3.8) is 0 Å². The van der Waals surface area contributed by atoms with Crippen molar-refractivity contribution in [2.24, 2.45) is 0 Å². The highest BCUT2D eigenvalue weighted by atomic mass is 32.2. The number of hydrogen-bond donors (Lipinski definition) is 1. The summed E-state index contributed by atoms with van der Waals surface area (Å²) in [5, 5.41) is 20.2.